The predicted octanol–water partition coefficient (Wildman–Crippen LogP) is 2.65. The molecule has 2 atom stereocenters. The van der Waals surface area contributed by atoms with E-state index in [2.05, 4.69) is 0 Å². The Morgan fingerprint density at radius 3 is 2.76 bits per heavy atom. The Balaban J connectivity index is 1.74. The average molecular weight is 235 g/mol. The molecule has 1 heterocycles. The van der Waals surface area contributed by atoms with E-state index in [1.54, 1.807) is 0 Å². The first-order valence-corrected chi connectivity index (χ1v) is 6.35. The van der Waals surface area contributed by atoms with Crippen LogP contribution >= 0.6 is 0 Å². The van der Waals surface area contributed by atoms with Crippen molar-refractivity contribution in [3.8, 4) is 5.75 Å². The van der Waals surface area contributed by atoms with Crippen molar-refractivity contribution in [3.63, 3.8) is 0 Å². The maximum absolute atomic E-state index is 5.79. The zero-order valence-electron chi connectivity index (χ0n) is 10.4. The Hall–Kier alpha value is -1.06. The summed E-state index contributed by atoms with van der Waals surface area (Å²) in [5.41, 5.74) is 6.92. The van der Waals surface area contributed by atoms with E-state index >= 15 is 0 Å². The number of rotatable bonds is 5. The summed E-state index contributed by atoms with van der Waals surface area (Å²) < 4.78 is 11.2. The molecule has 0 aliphatic carbocycles. The molecule has 0 bridgehead atoms. The Morgan fingerprint density at radius 1 is 1.41 bits per heavy atom. The van der Waals surface area contributed by atoms with Gasteiger partial charge in [-0.05, 0) is 37.5 Å². The SMILES string of the molecule is CC(N)c1ccc(OCCC2CCCO2)cc1. The summed E-state index contributed by atoms with van der Waals surface area (Å²) in [6.07, 6.45) is 3.74. The maximum Gasteiger partial charge on any atom is 0.119 e. The van der Waals surface area contributed by atoms with E-state index in [1.165, 1.54) is 12.8 Å². The number of ether oxygens (including phenoxy) is 2. The number of benzene rings is 1. The van der Waals surface area contributed by atoms with Gasteiger partial charge in [-0.2, -0.15) is 0 Å². The lowest BCUT2D eigenvalue weighted by atomic mass is 10.1. The summed E-state index contributed by atoms with van der Waals surface area (Å²) in [7, 11) is 0. The number of nitrogens with two attached hydrogens (primary N) is 1. The summed E-state index contributed by atoms with van der Waals surface area (Å²) in [6, 6.07) is 8.08. The monoisotopic (exact) mass is 235 g/mol. The third-order valence-electron chi connectivity index (χ3n) is 3.14. The molecule has 0 spiro atoms. The molecule has 1 saturated heterocycles. The summed E-state index contributed by atoms with van der Waals surface area (Å²) in [5.74, 6) is 0.910. The van der Waals surface area contributed by atoms with Gasteiger partial charge in [0.1, 0.15) is 5.75 Å². The van der Waals surface area contributed by atoms with Crippen LogP contribution in [0.3, 0.4) is 0 Å². The van der Waals surface area contributed by atoms with Gasteiger partial charge >= 0.3 is 0 Å². The van der Waals surface area contributed by atoms with Gasteiger partial charge in [0.25, 0.3) is 0 Å². The van der Waals surface area contributed by atoms with Crippen molar-refractivity contribution in [3.05, 3.63) is 29.8 Å². The zero-order valence-corrected chi connectivity index (χ0v) is 10.4. The minimum atomic E-state index is 0.0796. The molecule has 1 aromatic rings. The second kappa shape index (κ2) is 6.03. The molecule has 2 unspecified atom stereocenters. The Kier molecular flexibility index (Phi) is 4.40. The van der Waals surface area contributed by atoms with Crippen LogP contribution in [-0.2, 0) is 4.74 Å². The van der Waals surface area contributed by atoms with Crippen molar-refractivity contribution in [2.24, 2.45) is 5.73 Å². The molecule has 1 aliphatic rings. The summed E-state index contributed by atoms with van der Waals surface area (Å²) in [5, 5.41) is 0. The second-order valence-electron chi connectivity index (χ2n) is 4.63. The molecule has 3 heteroatoms. The minimum absolute atomic E-state index is 0.0796. The lowest BCUT2D eigenvalue weighted by molar-refractivity contribution is 0.0903. The van der Waals surface area contributed by atoms with Gasteiger partial charge in [-0.25, -0.2) is 0 Å². The first-order valence-electron chi connectivity index (χ1n) is 6.35. The molecule has 2 rings (SSSR count). The van der Waals surface area contributed by atoms with E-state index < -0.39 is 0 Å². The maximum atomic E-state index is 5.79. The Labute approximate surface area is 103 Å². The van der Waals surface area contributed by atoms with Crippen LogP contribution < -0.4 is 10.5 Å². The normalized spacial score (nSPS) is 21.4. The zero-order chi connectivity index (χ0) is 12.1. The fourth-order valence-corrected chi connectivity index (χ4v) is 2.05. The van der Waals surface area contributed by atoms with Crippen LogP contribution in [0.5, 0.6) is 5.75 Å². The summed E-state index contributed by atoms with van der Waals surface area (Å²) >= 11 is 0. The fraction of sp³-hybridized carbons (Fsp3) is 0.571. The van der Waals surface area contributed by atoms with Gasteiger partial charge in [0.05, 0.1) is 12.7 Å². The van der Waals surface area contributed by atoms with Gasteiger partial charge in [-0.15, -0.1) is 0 Å². The molecule has 1 aromatic carbocycles. The van der Waals surface area contributed by atoms with Crippen molar-refractivity contribution < 1.29 is 9.47 Å². The van der Waals surface area contributed by atoms with Crippen LogP contribution in [0.25, 0.3) is 0 Å². The van der Waals surface area contributed by atoms with E-state index in [-0.39, 0.29) is 6.04 Å². The molecule has 1 fully saturated rings. The van der Waals surface area contributed by atoms with Gasteiger partial charge in [0.15, 0.2) is 0 Å². The molecule has 2 N–H and O–H groups in total. The van der Waals surface area contributed by atoms with Gasteiger partial charge in [-0.3, -0.25) is 0 Å². The highest BCUT2D eigenvalue weighted by molar-refractivity contribution is 5.28. The molecular weight excluding hydrogens is 214 g/mol. The second-order valence-corrected chi connectivity index (χ2v) is 4.63. The highest BCUT2D eigenvalue weighted by atomic mass is 16.5. The van der Waals surface area contributed by atoms with Crippen molar-refractivity contribution in [1.82, 2.24) is 0 Å². The first-order chi connectivity index (χ1) is 8.25. The molecule has 1 aliphatic heterocycles. The molecule has 0 saturated carbocycles. The first kappa shape index (κ1) is 12.4. The highest BCUT2D eigenvalue weighted by Gasteiger charge is 2.14. The molecule has 94 valence electrons. The van der Waals surface area contributed by atoms with Crippen molar-refractivity contribution in [2.75, 3.05) is 13.2 Å². The smallest absolute Gasteiger partial charge is 0.119 e. The lowest BCUT2D eigenvalue weighted by Crippen LogP contribution is -2.10. The van der Waals surface area contributed by atoms with Gasteiger partial charge in [0, 0.05) is 19.1 Å². The molecule has 0 aromatic heterocycles. The third kappa shape index (κ3) is 3.72. The highest BCUT2D eigenvalue weighted by Crippen LogP contribution is 2.18. The van der Waals surface area contributed by atoms with Gasteiger partial charge in [-0.1, -0.05) is 12.1 Å². The van der Waals surface area contributed by atoms with Crippen LogP contribution in [0, 0.1) is 0 Å². The van der Waals surface area contributed by atoms with Gasteiger partial charge < -0.3 is 15.2 Å². The summed E-state index contributed by atoms with van der Waals surface area (Å²) in [6.45, 7) is 3.61. The minimum Gasteiger partial charge on any atom is -0.493 e. The quantitative estimate of drug-likeness (QED) is 0.853. The van der Waals surface area contributed by atoms with E-state index in [1.807, 2.05) is 31.2 Å². The number of hydrogen-bond donors (Lipinski definition) is 1. The van der Waals surface area contributed by atoms with E-state index in [9.17, 15) is 0 Å². The van der Waals surface area contributed by atoms with Crippen molar-refractivity contribution in [1.29, 1.82) is 0 Å². The van der Waals surface area contributed by atoms with Crippen molar-refractivity contribution >= 4 is 0 Å². The molecule has 3 nitrogen and oxygen atoms in total. The average Bonchev–Trinajstić information content (AvgIpc) is 2.83. The topological polar surface area (TPSA) is 44.5 Å². The fourth-order valence-electron chi connectivity index (χ4n) is 2.05. The Bertz CT molecular complexity index is 329. The van der Waals surface area contributed by atoms with E-state index in [0.717, 1.165) is 30.9 Å². The standard InChI is InChI=1S/C14H21NO2/c1-11(15)12-4-6-14(7-5-12)17-10-8-13-3-2-9-16-13/h4-7,11,13H,2-3,8-10,15H2,1H3. The lowest BCUT2D eigenvalue weighted by Gasteiger charge is -2.11. The van der Waals surface area contributed by atoms with Crippen LogP contribution in [0.1, 0.15) is 37.8 Å². The number of hydrogen-bond acceptors (Lipinski definition) is 3. The summed E-state index contributed by atoms with van der Waals surface area (Å²) in [4.78, 5) is 0. The van der Waals surface area contributed by atoms with E-state index in [0.29, 0.717) is 6.10 Å². The van der Waals surface area contributed by atoms with Crippen LogP contribution in [-0.4, -0.2) is 19.3 Å². The van der Waals surface area contributed by atoms with Crippen molar-refractivity contribution in [2.45, 2.75) is 38.3 Å². The molecule has 0 amide bonds. The largest absolute Gasteiger partial charge is 0.493 e. The van der Waals surface area contributed by atoms with Crippen LogP contribution in [0.2, 0.25) is 0 Å². The molecular formula is C14H21NO2. The third-order valence-corrected chi connectivity index (χ3v) is 3.14. The predicted molar refractivity (Wildman–Crippen MR) is 68.1 cm³/mol. The van der Waals surface area contributed by atoms with Crippen LogP contribution in [0.4, 0.5) is 0 Å². The Morgan fingerprint density at radius 2 is 2.18 bits per heavy atom. The van der Waals surface area contributed by atoms with Gasteiger partial charge in [0.2, 0.25) is 0 Å². The molecule has 17 heavy (non-hydrogen) atoms. The van der Waals surface area contributed by atoms with Crippen LogP contribution in [0.15, 0.2) is 24.3 Å². The molecule has 0 radical (unpaired) electrons. The van der Waals surface area contributed by atoms with E-state index in [4.69, 9.17) is 15.2 Å².